The number of pyridine rings is 1. The topological polar surface area (TPSA) is 71.5 Å². The molecule has 1 aromatic rings. The van der Waals surface area contributed by atoms with Gasteiger partial charge < -0.3 is 10.1 Å². The summed E-state index contributed by atoms with van der Waals surface area (Å²) in [4.78, 5) is 4.24. The van der Waals surface area contributed by atoms with Crippen molar-refractivity contribution in [3.63, 3.8) is 0 Å². The Labute approximate surface area is 126 Å². The number of ether oxygens (including phenoxy) is 1. The minimum Gasteiger partial charge on any atom is -0.384 e. The summed E-state index contributed by atoms with van der Waals surface area (Å²) in [5.41, 5.74) is 0.619. The Morgan fingerprint density at radius 2 is 2.29 bits per heavy atom. The van der Waals surface area contributed by atoms with Crippen molar-refractivity contribution in [1.82, 2.24) is 9.29 Å². The lowest BCUT2D eigenvalue weighted by Crippen LogP contribution is -2.48. The fourth-order valence-electron chi connectivity index (χ4n) is 2.40. The predicted molar refractivity (Wildman–Crippen MR) is 81.8 cm³/mol. The average molecular weight is 313 g/mol. The number of anilines is 1. The van der Waals surface area contributed by atoms with Crippen molar-refractivity contribution < 1.29 is 13.2 Å². The second-order valence-electron chi connectivity index (χ2n) is 5.05. The quantitative estimate of drug-likeness (QED) is 0.865. The first-order chi connectivity index (χ1) is 10.1. The van der Waals surface area contributed by atoms with E-state index in [1.54, 1.807) is 16.6 Å². The number of morpholine rings is 1. The second-order valence-corrected chi connectivity index (χ2v) is 6.91. The van der Waals surface area contributed by atoms with Crippen LogP contribution in [0.1, 0.15) is 26.7 Å². The van der Waals surface area contributed by atoms with Crippen LogP contribution in [0.3, 0.4) is 0 Å². The van der Waals surface area contributed by atoms with Crippen LogP contribution in [0.5, 0.6) is 0 Å². The fraction of sp³-hybridized carbons (Fsp3) is 0.643. The van der Waals surface area contributed by atoms with E-state index in [0.29, 0.717) is 25.4 Å². The minimum absolute atomic E-state index is 0.108. The van der Waals surface area contributed by atoms with Crippen molar-refractivity contribution in [1.29, 1.82) is 0 Å². The van der Waals surface area contributed by atoms with Crippen molar-refractivity contribution >= 4 is 15.7 Å². The molecule has 1 fully saturated rings. The van der Waals surface area contributed by atoms with E-state index in [0.717, 1.165) is 19.4 Å². The molecule has 21 heavy (non-hydrogen) atoms. The van der Waals surface area contributed by atoms with Gasteiger partial charge in [0.05, 0.1) is 18.9 Å². The van der Waals surface area contributed by atoms with E-state index in [1.165, 1.54) is 6.20 Å². The Balaban J connectivity index is 2.34. The molecule has 6 nitrogen and oxygen atoms in total. The molecule has 1 aliphatic rings. The van der Waals surface area contributed by atoms with Gasteiger partial charge in [-0.25, -0.2) is 8.42 Å². The zero-order chi connectivity index (χ0) is 15.3. The molecule has 2 heterocycles. The van der Waals surface area contributed by atoms with Crippen molar-refractivity contribution in [2.75, 3.05) is 31.6 Å². The number of hydrogen-bond acceptors (Lipinski definition) is 5. The molecule has 1 N–H and O–H groups in total. The lowest BCUT2D eigenvalue weighted by Gasteiger charge is -2.34. The SMILES string of the molecule is CCCNc1ccncc1S(=O)(=O)N1CCOCC1CC. The summed E-state index contributed by atoms with van der Waals surface area (Å²) in [7, 11) is -3.56. The molecule has 0 saturated carbocycles. The van der Waals surface area contributed by atoms with Gasteiger partial charge in [0.15, 0.2) is 0 Å². The van der Waals surface area contributed by atoms with Crippen LogP contribution in [0.15, 0.2) is 23.4 Å². The molecule has 1 aliphatic heterocycles. The third kappa shape index (κ3) is 3.53. The van der Waals surface area contributed by atoms with Gasteiger partial charge in [-0.2, -0.15) is 4.31 Å². The highest BCUT2D eigenvalue weighted by molar-refractivity contribution is 7.89. The molecule has 0 spiro atoms. The lowest BCUT2D eigenvalue weighted by molar-refractivity contribution is 0.0314. The molecule has 1 unspecified atom stereocenters. The molecule has 1 aromatic heterocycles. The van der Waals surface area contributed by atoms with Gasteiger partial charge >= 0.3 is 0 Å². The van der Waals surface area contributed by atoms with Crippen LogP contribution >= 0.6 is 0 Å². The summed E-state index contributed by atoms with van der Waals surface area (Å²) in [5.74, 6) is 0. The van der Waals surface area contributed by atoms with E-state index in [-0.39, 0.29) is 10.9 Å². The summed E-state index contributed by atoms with van der Waals surface area (Å²) in [5, 5.41) is 3.16. The Bertz CT molecular complexity index is 562. The highest BCUT2D eigenvalue weighted by atomic mass is 32.2. The number of nitrogens with one attached hydrogen (secondary N) is 1. The average Bonchev–Trinajstić information content (AvgIpc) is 2.53. The van der Waals surface area contributed by atoms with Crippen LogP contribution in [0.2, 0.25) is 0 Å². The highest BCUT2D eigenvalue weighted by Crippen LogP contribution is 2.27. The summed E-state index contributed by atoms with van der Waals surface area (Å²) in [6, 6.07) is 1.60. The van der Waals surface area contributed by atoms with E-state index in [2.05, 4.69) is 10.3 Å². The largest absolute Gasteiger partial charge is 0.384 e. The number of rotatable bonds is 6. The van der Waals surface area contributed by atoms with Gasteiger partial charge in [0.25, 0.3) is 0 Å². The molecule has 1 atom stereocenters. The van der Waals surface area contributed by atoms with E-state index in [4.69, 9.17) is 4.74 Å². The third-order valence-electron chi connectivity index (χ3n) is 3.58. The van der Waals surface area contributed by atoms with Crippen molar-refractivity contribution in [2.24, 2.45) is 0 Å². The van der Waals surface area contributed by atoms with Crippen LogP contribution < -0.4 is 5.32 Å². The molecule has 0 radical (unpaired) electrons. The standard InChI is InChI=1S/C14H23N3O3S/c1-3-6-16-13-5-7-15-10-14(13)21(18,19)17-8-9-20-11-12(17)4-2/h5,7,10,12H,3-4,6,8-9,11H2,1-2H3,(H,15,16). The van der Waals surface area contributed by atoms with Crippen molar-refractivity contribution in [3.8, 4) is 0 Å². The lowest BCUT2D eigenvalue weighted by atomic mass is 10.2. The van der Waals surface area contributed by atoms with Gasteiger partial charge in [-0.1, -0.05) is 13.8 Å². The second kappa shape index (κ2) is 7.20. The van der Waals surface area contributed by atoms with Gasteiger partial charge in [0, 0.05) is 31.5 Å². The third-order valence-corrected chi connectivity index (χ3v) is 5.56. The molecule has 0 aliphatic carbocycles. The Morgan fingerprint density at radius 1 is 1.48 bits per heavy atom. The van der Waals surface area contributed by atoms with Crippen LogP contribution in [0.25, 0.3) is 0 Å². The first kappa shape index (κ1) is 16.2. The van der Waals surface area contributed by atoms with Gasteiger partial charge in [0.1, 0.15) is 4.90 Å². The first-order valence-corrected chi connectivity index (χ1v) is 8.82. The van der Waals surface area contributed by atoms with Gasteiger partial charge in [0.2, 0.25) is 10.0 Å². The van der Waals surface area contributed by atoms with Crippen molar-refractivity contribution in [2.45, 2.75) is 37.6 Å². The fourth-order valence-corrected chi connectivity index (χ4v) is 4.18. The maximum absolute atomic E-state index is 12.9. The minimum atomic E-state index is -3.56. The molecule has 118 valence electrons. The van der Waals surface area contributed by atoms with Crippen LogP contribution in [-0.2, 0) is 14.8 Å². The number of aromatic nitrogens is 1. The molecule has 1 saturated heterocycles. The molecule has 7 heteroatoms. The molecular formula is C14H23N3O3S. The van der Waals surface area contributed by atoms with Gasteiger partial charge in [-0.3, -0.25) is 4.98 Å². The zero-order valence-corrected chi connectivity index (χ0v) is 13.4. The van der Waals surface area contributed by atoms with Crippen LogP contribution in [-0.4, -0.2) is 50.1 Å². The van der Waals surface area contributed by atoms with E-state index in [1.807, 2.05) is 13.8 Å². The molecular weight excluding hydrogens is 290 g/mol. The molecule has 0 amide bonds. The highest BCUT2D eigenvalue weighted by Gasteiger charge is 2.34. The van der Waals surface area contributed by atoms with Crippen molar-refractivity contribution in [3.05, 3.63) is 18.5 Å². The zero-order valence-electron chi connectivity index (χ0n) is 12.6. The predicted octanol–water partition coefficient (Wildman–Crippen LogP) is 1.70. The maximum Gasteiger partial charge on any atom is 0.247 e. The van der Waals surface area contributed by atoms with E-state index in [9.17, 15) is 8.42 Å². The Morgan fingerprint density at radius 3 is 3.00 bits per heavy atom. The normalized spacial score (nSPS) is 20.4. The molecule has 0 bridgehead atoms. The maximum atomic E-state index is 12.9. The monoisotopic (exact) mass is 313 g/mol. The van der Waals surface area contributed by atoms with Crippen LogP contribution in [0.4, 0.5) is 5.69 Å². The summed E-state index contributed by atoms with van der Waals surface area (Å²) >= 11 is 0. The summed E-state index contributed by atoms with van der Waals surface area (Å²) < 4.78 is 32.8. The molecule has 0 aromatic carbocycles. The number of sulfonamides is 1. The van der Waals surface area contributed by atoms with Crippen LogP contribution in [0, 0.1) is 0 Å². The Hall–Kier alpha value is -1.18. The Kier molecular flexibility index (Phi) is 5.55. The van der Waals surface area contributed by atoms with E-state index >= 15 is 0 Å². The summed E-state index contributed by atoms with van der Waals surface area (Å²) in [6.07, 6.45) is 4.69. The van der Waals surface area contributed by atoms with Gasteiger partial charge in [-0.05, 0) is 18.9 Å². The summed E-state index contributed by atoms with van der Waals surface area (Å²) in [6.45, 7) is 6.02. The van der Waals surface area contributed by atoms with Gasteiger partial charge in [-0.15, -0.1) is 0 Å². The first-order valence-electron chi connectivity index (χ1n) is 7.38. The number of hydrogen-bond donors (Lipinski definition) is 1. The molecule has 2 rings (SSSR count). The van der Waals surface area contributed by atoms with E-state index < -0.39 is 10.0 Å². The smallest absolute Gasteiger partial charge is 0.247 e. The number of nitrogens with zero attached hydrogens (tertiary/aromatic N) is 2.